The predicted molar refractivity (Wildman–Crippen MR) is 98.4 cm³/mol. The second-order valence-corrected chi connectivity index (χ2v) is 6.67. The van der Waals surface area contributed by atoms with E-state index in [1.807, 2.05) is 24.3 Å². The number of carbonyl (C=O) groups excluding carboxylic acids is 2. The number of amides is 2. The summed E-state index contributed by atoms with van der Waals surface area (Å²) >= 11 is 0. The number of primary amides is 1. The number of ether oxygens (including phenoxy) is 1. The molecule has 1 aromatic rings. The molecule has 6 heteroatoms. The molecule has 0 aromatic heterocycles. The van der Waals surface area contributed by atoms with E-state index in [1.54, 1.807) is 7.11 Å². The van der Waals surface area contributed by atoms with Crippen LogP contribution in [0.4, 0.5) is 5.69 Å². The predicted octanol–water partition coefficient (Wildman–Crippen LogP) is 2.44. The van der Waals surface area contributed by atoms with Gasteiger partial charge in [-0.3, -0.25) is 9.59 Å². The van der Waals surface area contributed by atoms with Gasteiger partial charge in [0.05, 0.1) is 7.11 Å². The van der Waals surface area contributed by atoms with E-state index in [2.05, 4.69) is 10.6 Å². The van der Waals surface area contributed by atoms with Crippen LogP contribution >= 0.6 is 0 Å². The van der Waals surface area contributed by atoms with Gasteiger partial charge in [0.2, 0.25) is 11.8 Å². The molecule has 1 aliphatic carbocycles. The normalized spacial score (nSPS) is 16.0. The molecule has 0 aliphatic heterocycles. The lowest BCUT2D eigenvalue weighted by Crippen LogP contribution is -2.48. The number of nitrogens with one attached hydrogen (secondary N) is 2. The molecule has 1 saturated carbocycles. The lowest BCUT2D eigenvalue weighted by atomic mass is 9.86. The van der Waals surface area contributed by atoms with E-state index in [0.29, 0.717) is 12.3 Å². The molecule has 1 aliphatic rings. The van der Waals surface area contributed by atoms with Crippen LogP contribution in [0.25, 0.3) is 0 Å². The second kappa shape index (κ2) is 9.91. The Bertz CT molecular complexity index is 554. The molecular formula is C19H29N3O3. The summed E-state index contributed by atoms with van der Waals surface area (Å²) in [4.78, 5) is 23.7. The van der Waals surface area contributed by atoms with Crippen molar-refractivity contribution in [3.63, 3.8) is 0 Å². The molecular weight excluding hydrogens is 318 g/mol. The van der Waals surface area contributed by atoms with Crippen molar-refractivity contribution in [1.29, 1.82) is 0 Å². The van der Waals surface area contributed by atoms with Gasteiger partial charge in [0, 0.05) is 18.7 Å². The average molecular weight is 347 g/mol. The Balaban J connectivity index is 1.76. The van der Waals surface area contributed by atoms with E-state index in [9.17, 15) is 9.59 Å². The quantitative estimate of drug-likeness (QED) is 0.639. The van der Waals surface area contributed by atoms with Crippen LogP contribution in [0.15, 0.2) is 24.3 Å². The summed E-state index contributed by atoms with van der Waals surface area (Å²) in [5.74, 6) is 0.759. The highest BCUT2D eigenvalue weighted by molar-refractivity contribution is 5.87. The Labute approximate surface area is 149 Å². The second-order valence-electron chi connectivity index (χ2n) is 6.67. The molecule has 1 atom stereocenters. The summed E-state index contributed by atoms with van der Waals surface area (Å²) in [5.41, 5.74) is 6.26. The van der Waals surface area contributed by atoms with Gasteiger partial charge in [0.15, 0.2) is 0 Å². The third kappa shape index (κ3) is 6.64. The fraction of sp³-hybridized carbons (Fsp3) is 0.579. The molecule has 0 spiro atoms. The fourth-order valence-electron chi connectivity index (χ4n) is 3.23. The van der Waals surface area contributed by atoms with Gasteiger partial charge in [-0.05, 0) is 36.6 Å². The van der Waals surface area contributed by atoms with Crippen LogP contribution in [-0.2, 0) is 9.59 Å². The van der Waals surface area contributed by atoms with Crippen molar-refractivity contribution < 1.29 is 14.3 Å². The first-order valence-corrected chi connectivity index (χ1v) is 9.05. The van der Waals surface area contributed by atoms with Crippen LogP contribution in [0.3, 0.4) is 0 Å². The van der Waals surface area contributed by atoms with Crippen LogP contribution in [0.5, 0.6) is 5.75 Å². The van der Waals surface area contributed by atoms with Gasteiger partial charge in [-0.2, -0.15) is 0 Å². The van der Waals surface area contributed by atoms with E-state index in [-0.39, 0.29) is 12.5 Å². The minimum absolute atomic E-state index is 0.106. The molecule has 6 nitrogen and oxygen atoms in total. The maximum atomic E-state index is 12.1. The average Bonchev–Trinajstić information content (AvgIpc) is 2.64. The number of benzene rings is 1. The number of carbonyl (C=O) groups is 2. The molecule has 138 valence electrons. The summed E-state index contributed by atoms with van der Waals surface area (Å²) < 4.78 is 5.10. The SMILES string of the molecule is COc1ccc(NC[C@H](NC(=O)CCC2CCCCC2)C(N)=O)cc1. The summed E-state index contributed by atoms with van der Waals surface area (Å²) in [6.07, 6.45) is 7.62. The zero-order valence-electron chi connectivity index (χ0n) is 14.9. The Hall–Kier alpha value is -2.24. The van der Waals surface area contributed by atoms with Crippen molar-refractivity contribution >= 4 is 17.5 Å². The highest BCUT2D eigenvalue weighted by Gasteiger charge is 2.19. The monoisotopic (exact) mass is 347 g/mol. The first-order valence-electron chi connectivity index (χ1n) is 9.05. The number of hydrogen-bond donors (Lipinski definition) is 3. The van der Waals surface area contributed by atoms with Crippen molar-refractivity contribution in [2.75, 3.05) is 19.0 Å². The van der Waals surface area contributed by atoms with Gasteiger partial charge >= 0.3 is 0 Å². The lowest BCUT2D eigenvalue weighted by Gasteiger charge is -2.22. The van der Waals surface area contributed by atoms with Crippen LogP contribution in [0.2, 0.25) is 0 Å². The minimum Gasteiger partial charge on any atom is -0.497 e. The van der Waals surface area contributed by atoms with Crippen LogP contribution in [0, 0.1) is 5.92 Å². The maximum Gasteiger partial charge on any atom is 0.241 e. The van der Waals surface area contributed by atoms with Gasteiger partial charge in [-0.15, -0.1) is 0 Å². The van der Waals surface area contributed by atoms with Gasteiger partial charge in [-0.1, -0.05) is 32.1 Å². The van der Waals surface area contributed by atoms with Crippen molar-refractivity contribution in [2.24, 2.45) is 11.7 Å². The van der Waals surface area contributed by atoms with E-state index in [4.69, 9.17) is 10.5 Å². The molecule has 25 heavy (non-hydrogen) atoms. The van der Waals surface area contributed by atoms with Crippen molar-refractivity contribution in [3.8, 4) is 5.75 Å². The zero-order chi connectivity index (χ0) is 18.1. The molecule has 2 rings (SSSR count). The highest BCUT2D eigenvalue weighted by Crippen LogP contribution is 2.27. The summed E-state index contributed by atoms with van der Waals surface area (Å²) in [6, 6.07) is 6.62. The summed E-state index contributed by atoms with van der Waals surface area (Å²) in [6.45, 7) is 0.261. The molecule has 0 saturated heterocycles. The van der Waals surface area contributed by atoms with Crippen molar-refractivity contribution in [1.82, 2.24) is 5.32 Å². The van der Waals surface area contributed by atoms with Gasteiger partial charge < -0.3 is 21.1 Å². The topological polar surface area (TPSA) is 93.4 Å². The molecule has 0 unspecified atom stereocenters. The van der Waals surface area contributed by atoms with Gasteiger partial charge in [0.1, 0.15) is 11.8 Å². The zero-order valence-corrected chi connectivity index (χ0v) is 14.9. The summed E-state index contributed by atoms with van der Waals surface area (Å²) in [7, 11) is 1.61. The highest BCUT2D eigenvalue weighted by atomic mass is 16.5. The Morgan fingerprint density at radius 2 is 1.88 bits per heavy atom. The Morgan fingerprint density at radius 3 is 2.48 bits per heavy atom. The summed E-state index contributed by atoms with van der Waals surface area (Å²) in [5, 5.41) is 5.87. The number of rotatable bonds is 9. The largest absolute Gasteiger partial charge is 0.497 e. The Kier molecular flexibility index (Phi) is 7.57. The Morgan fingerprint density at radius 1 is 1.20 bits per heavy atom. The number of hydrogen-bond acceptors (Lipinski definition) is 4. The smallest absolute Gasteiger partial charge is 0.241 e. The van der Waals surface area contributed by atoms with E-state index in [1.165, 1.54) is 32.1 Å². The van der Waals surface area contributed by atoms with Gasteiger partial charge in [-0.25, -0.2) is 0 Å². The standard InChI is InChI=1S/C19H29N3O3/c1-25-16-10-8-15(9-11-16)21-13-17(19(20)24)22-18(23)12-7-14-5-3-2-4-6-14/h8-11,14,17,21H,2-7,12-13H2,1H3,(H2,20,24)(H,22,23)/t17-/m0/s1. The van der Waals surface area contributed by atoms with Crippen LogP contribution in [0.1, 0.15) is 44.9 Å². The molecule has 0 bridgehead atoms. The van der Waals surface area contributed by atoms with Crippen molar-refractivity contribution in [2.45, 2.75) is 51.0 Å². The van der Waals surface area contributed by atoms with E-state index in [0.717, 1.165) is 17.9 Å². The van der Waals surface area contributed by atoms with E-state index < -0.39 is 11.9 Å². The fourth-order valence-corrected chi connectivity index (χ4v) is 3.23. The number of nitrogens with two attached hydrogens (primary N) is 1. The lowest BCUT2D eigenvalue weighted by molar-refractivity contribution is -0.127. The van der Waals surface area contributed by atoms with Crippen molar-refractivity contribution in [3.05, 3.63) is 24.3 Å². The minimum atomic E-state index is -0.721. The number of anilines is 1. The maximum absolute atomic E-state index is 12.1. The first-order chi connectivity index (χ1) is 12.1. The molecule has 2 amide bonds. The molecule has 1 fully saturated rings. The van der Waals surface area contributed by atoms with Crippen LogP contribution < -0.4 is 21.1 Å². The molecule has 1 aromatic carbocycles. The molecule has 4 N–H and O–H groups in total. The molecule has 0 radical (unpaired) electrons. The van der Waals surface area contributed by atoms with Crippen LogP contribution in [-0.4, -0.2) is 31.5 Å². The first kappa shape index (κ1) is 19.1. The third-order valence-corrected chi connectivity index (χ3v) is 4.78. The van der Waals surface area contributed by atoms with E-state index >= 15 is 0 Å². The van der Waals surface area contributed by atoms with Gasteiger partial charge in [0.25, 0.3) is 0 Å². The number of methoxy groups -OCH3 is 1. The molecule has 0 heterocycles. The third-order valence-electron chi connectivity index (χ3n) is 4.78.